The number of hydrogen-bond acceptors (Lipinski definition) is 4. The number of benzene rings is 2. The fraction of sp³-hybridized carbons (Fsp3) is 0.190. The van der Waals surface area contributed by atoms with Crippen molar-refractivity contribution in [1.82, 2.24) is 5.32 Å². The van der Waals surface area contributed by atoms with E-state index in [2.05, 4.69) is 11.9 Å². The van der Waals surface area contributed by atoms with E-state index in [-0.39, 0.29) is 18.4 Å². The molecule has 6 nitrogen and oxygen atoms in total. The van der Waals surface area contributed by atoms with Crippen LogP contribution >= 0.6 is 0 Å². The molecule has 2 rings (SSSR count). The maximum absolute atomic E-state index is 12.3. The average Bonchev–Trinajstić information content (AvgIpc) is 2.69. The first-order chi connectivity index (χ1) is 13.0. The molecular weight excluding hydrogens is 344 g/mol. The van der Waals surface area contributed by atoms with E-state index in [1.807, 2.05) is 31.2 Å². The second-order valence-corrected chi connectivity index (χ2v) is 5.84. The van der Waals surface area contributed by atoms with Crippen LogP contribution in [0.1, 0.15) is 15.9 Å². The zero-order valence-corrected chi connectivity index (χ0v) is 15.2. The van der Waals surface area contributed by atoms with Crippen LogP contribution < -0.4 is 10.2 Å². The molecule has 0 heterocycles. The molecule has 0 spiro atoms. The van der Waals surface area contributed by atoms with E-state index < -0.39 is 12.6 Å². The van der Waals surface area contributed by atoms with Crippen LogP contribution in [0.3, 0.4) is 0 Å². The molecule has 2 aromatic carbocycles. The summed E-state index contributed by atoms with van der Waals surface area (Å²) in [6.45, 7) is 5.08. The number of nitrogens with zero attached hydrogens (tertiary/aromatic N) is 1. The summed E-state index contributed by atoms with van der Waals surface area (Å²) < 4.78 is 4.98. The van der Waals surface area contributed by atoms with Gasteiger partial charge in [-0.1, -0.05) is 42.0 Å². The van der Waals surface area contributed by atoms with Gasteiger partial charge in [0.1, 0.15) is 6.54 Å². The third-order valence-electron chi connectivity index (χ3n) is 3.71. The number of hydrogen-bond donors (Lipinski definition) is 1. The minimum atomic E-state index is -0.684. The van der Waals surface area contributed by atoms with Gasteiger partial charge in [-0.05, 0) is 31.2 Å². The smallest absolute Gasteiger partial charge is 0.325 e. The Bertz CT molecular complexity index is 818. The number of carbonyl (C=O) groups excluding carboxylic acids is 3. The van der Waals surface area contributed by atoms with Gasteiger partial charge >= 0.3 is 5.97 Å². The SMILES string of the molecule is C=CCN(C(=O)COC(=O)CNC(=O)c1cccc(C)c1)c1ccccc1. The number of esters is 1. The molecule has 0 fully saturated rings. The number of ether oxygens (including phenoxy) is 1. The standard InChI is InChI=1S/C21H22N2O4/c1-3-12-23(18-10-5-4-6-11-18)19(24)15-27-20(25)14-22-21(26)17-9-7-8-16(2)13-17/h3-11,13H,1,12,14-15H2,2H3,(H,22,26). The molecule has 0 aliphatic carbocycles. The number of anilines is 1. The normalized spacial score (nSPS) is 9.96. The second kappa shape index (κ2) is 9.91. The summed E-state index contributed by atoms with van der Waals surface area (Å²) in [5, 5.41) is 2.48. The lowest BCUT2D eigenvalue weighted by atomic mass is 10.1. The van der Waals surface area contributed by atoms with Crippen molar-refractivity contribution < 1.29 is 19.1 Å². The van der Waals surface area contributed by atoms with Gasteiger partial charge in [0.2, 0.25) is 0 Å². The zero-order valence-electron chi connectivity index (χ0n) is 15.2. The van der Waals surface area contributed by atoms with Crippen LogP contribution in [0.25, 0.3) is 0 Å². The molecule has 27 heavy (non-hydrogen) atoms. The summed E-state index contributed by atoms with van der Waals surface area (Å²) in [4.78, 5) is 37.7. The van der Waals surface area contributed by atoms with E-state index in [4.69, 9.17) is 4.74 Å². The number of nitrogens with one attached hydrogen (secondary N) is 1. The lowest BCUT2D eigenvalue weighted by Gasteiger charge is -2.21. The summed E-state index contributed by atoms with van der Waals surface area (Å²) in [5.74, 6) is -1.44. The average molecular weight is 366 g/mol. The van der Waals surface area contributed by atoms with Gasteiger partial charge in [0.15, 0.2) is 6.61 Å². The molecule has 0 saturated heterocycles. The molecule has 0 aliphatic rings. The maximum Gasteiger partial charge on any atom is 0.325 e. The van der Waals surface area contributed by atoms with Crippen molar-refractivity contribution in [3.63, 3.8) is 0 Å². The lowest BCUT2D eigenvalue weighted by molar-refractivity contribution is -0.146. The van der Waals surface area contributed by atoms with Crippen molar-refractivity contribution in [1.29, 1.82) is 0 Å². The Morgan fingerprint density at radius 1 is 1.11 bits per heavy atom. The van der Waals surface area contributed by atoms with Crippen molar-refractivity contribution in [2.24, 2.45) is 0 Å². The maximum atomic E-state index is 12.3. The highest BCUT2D eigenvalue weighted by molar-refractivity contribution is 5.97. The highest BCUT2D eigenvalue weighted by Crippen LogP contribution is 2.13. The van der Waals surface area contributed by atoms with Crippen molar-refractivity contribution in [3.8, 4) is 0 Å². The van der Waals surface area contributed by atoms with E-state index in [9.17, 15) is 14.4 Å². The van der Waals surface area contributed by atoms with Gasteiger partial charge in [-0.2, -0.15) is 0 Å². The lowest BCUT2D eigenvalue weighted by Crippen LogP contribution is -2.37. The highest BCUT2D eigenvalue weighted by atomic mass is 16.5. The van der Waals surface area contributed by atoms with Crippen LogP contribution in [0, 0.1) is 6.92 Å². The fourth-order valence-electron chi connectivity index (χ4n) is 2.40. The van der Waals surface area contributed by atoms with Gasteiger partial charge in [0, 0.05) is 17.8 Å². The Balaban J connectivity index is 1.84. The molecule has 0 aliphatic heterocycles. The summed E-state index contributed by atoms with van der Waals surface area (Å²) in [5.41, 5.74) is 2.09. The summed E-state index contributed by atoms with van der Waals surface area (Å²) in [6, 6.07) is 16.0. The van der Waals surface area contributed by atoms with Gasteiger partial charge < -0.3 is 15.0 Å². The van der Waals surface area contributed by atoms with Crippen LogP contribution in [0.5, 0.6) is 0 Å². The largest absolute Gasteiger partial charge is 0.454 e. The molecule has 140 valence electrons. The molecule has 1 N–H and O–H groups in total. The Morgan fingerprint density at radius 3 is 2.52 bits per heavy atom. The summed E-state index contributed by atoms with van der Waals surface area (Å²) in [7, 11) is 0. The van der Waals surface area contributed by atoms with E-state index in [0.29, 0.717) is 17.8 Å². The third kappa shape index (κ3) is 6.11. The molecule has 0 unspecified atom stereocenters. The van der Waals surface area contributed by atoms with Crippen molar-refractivity contribution >= 4 is 23.5 Å². The molecule has 6 heteroatoms. The van der Waals surface area contributed by atoms with Gasteiger partial charge in [0.05, 0.1) is 0 Å². The van der Waals surface area contributed by atoms with Gasteiger partial charge in [-0.3, -0.25) is 14.4 Å². The predicted octanol–water partition coefficient (Wildman–Crippen LogP) is 2.49. The van der Waals surface area contributed by atoms with Crippen molar-refractivity contribution in [2.45, 2.75) is 6.92 Å². The summed E-state index contributed by atoms with van der Waals surface area (Å²) >= 11 is 0. The molecule has 0 saturated carbocycles. The van der Waals surface area contributed by atoms with Crippen LogP contribution in [0.15, 0.2) is 67.3 Å². The molecule has 2 amide bonds. The number of rotatable bonds is 8. The van der Waals surface area contributed by atoms with Gasteiger partial charge in [-0.15, -0.1) is 6.58 Å². The molecule has 2 aromatic rings. The monoisotopic (exact) mass is 366 g/mol. The Kier molecular flexibility index (Phi) is 7.31. The predicted molar refractivity (Wildman–Crippen MR) is 103 cm³/mol. The second-order valence-electron chi connectivity index (χ2n) is 5.84. The Labute approximate surface area is 158 Å². The minimum absolute atomic E-state index is 0.296. The van der Waals surface area contributed by atoms with Crippen LogP contribution in [0.4, 0.5) is 5.69 Å². The number of amides is 2. The summed E-state index contributed by atoms with van der Waals surface area (Å²) in [6.07, 6.45) is 1.59. The van der Waals surface area contributed by atoms with E-state index in [1.165, 1.54) is 4.90 Å². The molecule has 0 aromatic heterocycles. The molecule has 0 bridgehead atoms. The van der Waals surface area contributed by atoms with E-state index in [1.54, 1.807) is 36.4 Å². The molecule has 0 radical (unpaired) electrons. The van der Waals surface area contributed by atoms with Crippen LogP contribution in [-0.2, 0) is 14.3 Å². The highest BCUT2D eigenvalue weighted by Gasteiger charge is 2.17. The van der Waals surface area contributed by atoms with Crippen LogP contribution in [-0.4, -0.2) is 37.5 Å². The zero-order chi connectivity index (χ0) is 19.6. The van der Waals surface area contributed by atoms with E-state index >= 15 is 0 Å². The Morgan fingerprint density at radius 2 is 1.85 bits per heavy atom. The molecule has 0 atom stereocenters. The Hall–Kier alpha value is -3.41. The topological polar surface area (TPSA) is 75.7 Å². The molecular formula is C21H22N2O4. The number of aryl methyl sites for hydroxylation is 1. The van der Waals surface area contributed by atoms with E-state index in [0.717, 1.165) is 5.56 Å². The quantitative estimate of drug-likeness (QED) is 0.575. The van der Waals surface area contributed by atoms with Crippen LogP contribution in [0.2, 0.25) is 0 Å². The number of carbonyl (C=O) groups is 3. The fourth-order valence-corrected chi connectivity index (χ4v) is 2.40. The van der Waals surface area contributed by atoms with Gasteiger partial charge in [-0.25, -0.2) is 0 Å². The van der Waals surface area contributed by atoms with Gasteiger partial charge in [0.25, 0.3) is 11.8 Å². The first-order valence-electron chi connectivity index (χ1n) is 8.48. The first kappa shape index (κ1) is 19.9. The van der Waals surface area contributed by atoms with Crippen molar-refractivity contribution in [2.75, 3.05) is 24.6 Å². The minimum Gasteiger partial charge on any atom is -0.454 e. The third-order valence-corrected chi connectivity index (χ3v) is 3.71. The number of para-hydroxylation sites is 1. The first-order valence-corrected chi connectivity index (χ1v) is 8.48. The van der Waals surface area contributed by atoms with Crippen molar-refractivity contribution in [3.05, 3.63) is 78.4 Å².